The second kappa shape index (κ2) is 6.99. The van der Waals surface area contributed by atoms with Crippen LogP contribution in [-0.4, -0.2) is 20.6 Å². The Morgan fingerprint density at radius 3 is 1.37 bits per heavy atom. The predicted octanol–water partition coefficient (Wildman–Crippen LogP) is 2.42. The maximum Gasteiger partial charge on any atom is 0.258 e. The Hall–Kier alpha value is -1.75. The topological polar surface area (TPSA) is 78.5 Å². The zero-order valence-electron chi connectivity index (χ0n) is 8.68. The average molecular weight is 320 g/mol. The van der Waals surface area contributed by atoms with Crippen molar-refractivity contribution in [3.05, 3.63) is 29.1 Å². The molecule has 0 saturated carbocycles. The van der Waals surface area contributed by atoms with Crippen molar-refractivity contribution in [1.29, 1.82) is 0 Å². The number of nitrogens with one attached hydrogen (secondary N) is 1. The molecule has 0 aliphatic heterocycles. The summed E-state index contributed by atoms with van der Waals surface area (Å²) in [7, 11) is 0. The Morgan fingerprint density at radius 1 is 0.842 bits per heavy atom. The number of halogens is 5. The number of aliphatic hydroxyl groups is 2. The number of benzene rings is 1. The van der Waals surface area contributed by atoms with E-state index in [4.69, 9.17) is 10.2 Å². The monoisotopic (exact) mass is 320 g/mol. The van der Waals surface area contributed by atoms with E-state index in [0.29, 0.717) is 0 Å². The zero-order chi connectivity index (χ0) is 15.3. The first-order valence-electron chi connectivity index (χ1n) is 4.09. The van der Waals surface area contributed by atoms with Gasteiger partial charge >= 0.3 is 0 Å². The van der Waals surface area contributed by atoms with Crippen LogP contribution in [0.4, 0.5) is 27.6 Å². The Kier molecular flexibility index (Phi) is 6.35. The molecule has 0 bridgehead atoms. The summed E-state index contributed by atoms with van der Waals surface area (Å²) >= 11 is 7.86. The van der Waals surface area contributed by atoms with Gasteiger partial charge in [-0.15, -0.1) is 0 Å². The summed E-state index contributed by atoms with van der Waals surface area (Å²) in [6.07, 6.45) is 0. The van der Waals surface area contributed by atoms with Gasteiger partial charge in [0.2, 0.25) is 5.82 Å². The second-order valence-corrected chi connectivity index (χ2v) is 3.52. The lowest BCUT2D eigenvalue weighted by Crippen LogP contribution is -2.14. The van der Waals surface area contributed by atoms with E-state index >= 15 is 0 Å². The Labute approximate surface area is 113 Å². The number of aliphatic hydroxyl groups excluding tert-OH is 2. The van der Waals surface area contributed by atoms with Crippen LogP contribution >= 0.6 is 24.4 Å². The lowest BCUT2D eigenvalue weighted by atomic mass is 10.2. The van der Waals surface area contributed by atoms with E-state index in [1.54, 1.807) is 0 Å². The number of rotatable bonds is 1. The maximum atomic E-state index is 12.8. The molecule has 106 valence electrons. The standard InChI is InChI=1S/C7H2F5NOS.CH3NOS/c8-1-2(9)4(11)6(13-7(14)15)5(12)3(1)10;2-1(3)4/h(H2,13,14,15);(H3,2,3,4). The largest absolute Gasteiger partial charge is 0.487 e. The lowest BCUT2D eigenvalue weighted by Gasteiger charge is -2.07. The molecule has 0 radical (unpaired) electrons. The molecule has 0 spiro atoms. The van der Waals surface area contributed by atoms with E-state index in [9.17, 15) is 22.0 Å². The van der Waals surface area contributed by atoms with Crippen molar-refractivity contribution in [2.75, 3.05) is 5.32 Å². The van der Waals surface area contributed by atoms with Crippen molar-refractivity contribution in [1.82, 2.24) is 0 Å². The van der Waals surface area contributed by atoms with Gasteiger partial charge in [-0.05, 0) is 24.4 Å². The van der Waals surface area contributed by atoms with Crippen LogP contribution in [0.15, 0.2) is 0 Å². The second-order valence-electron chi connectivity index (χ2n) is 2.71. The van der Waals surface area contributed by atoms with E-state index in [-0.39, 0.29) is 0 Å². The van der Waals surface area contributed by atoms with Gasteiger partial charge < -0.3 is 21.3 Å². The van der Waals surface area contributed by atoms with E-state index in [1.807, 2.05) is 0 Å². The molecule has 0 aromatic heterocycles. The fourth-order valence-corrected chi connectivity index (χ4v) is 0.924. The first-order valence-corrected chi connectivity index (χ1v) is 4.91. The normalized spacial score (nSPS) is 9.32. The minimum Gasteiger partial charge on any atom is -0.487 e. The highest BCUT2D eigenvalue weighted by molar-refractivity contribution is 7.80. The molecule has 0 fully saturated rings. The van der Waals surface area contributed by atoms with Gasteiger partial charge in [-0.3, -0.25) is 0 Å². The molecule has 19 heavy (non-hydrogen) atoms. The van der Waals surface area contributed by atoms with Crippen LogP contribution in [0, 0.1) is 29.1 Å². The first-order chi connectivity index (χ1) is 8.59. The quantitative estimate of drug-likeness (QED) is 0.275. The SMILES string of the molecule is NC(O)=S.OC(=S)Nc1c(F)c(F)c(F)c(F)c1F. The van der Waals surface area contributed by atoms with Crippen LogP contribution in [-0.2, 0) is 0 Å². The smallest absolute Gasteiger partial charge is 0.258 e. The van der Waals surface area contributed by atoms with E-state index in [2.05, 4.69) is 30.2 Å². The van der Waals surface area contributed by atoms with Crippen molar-refractivity contribution >= 4 is 40.5 Å². The van der Waals surface area contributed by atoms with Gasteiger partial charge in [-0.1, -0.05) is 0 Å². The van der Waals surface area contributed by atoms with Gasteiger partial charge in [-0.2, -0.15) is 0 Å². The summed E-state index contributed by atoms with van der Waals surface area (Å²) in [5, 5.41) is 15.8. The Morgan fingerprint density at radius 2 is 1.11 bits per heavy atom. The number of hydrogen-bond acceptors (Lipinski definition) is 2. The van der Waals surface area contributed by atoms with Gasteiger partial charge in [0, 0.05) is 0 Å². The van der Waals surface area contributed by atoms with E-state index in [0.717, 1.165) is 0 Å². The minimum absolute atomic E-state index is 0.500. The van der Waals surface area contributed by atoms with Gasteiger partial charge in [-0.25, -0.2) is 22.0 Å². The van der Waals surface area contributed by atoms with Crippen LogP contribution in [0.25, 0.3) is 0 Å². The zero-order valence-corrected chi connectivity index (χ0v) is 10.3. The van der Waals surface area contributed by atoms with Gasteiger partial charge in [0.15, 0.2) is 23.3 Å². The van der Waals surface area contributed by atoms with Crippen molar-refractivity contribution in [3.8, 4) is 0 Å². The molecule has 0 amide bonds. The van der Waals surface area contributed by atoms with Crippen LogP contribution in [0.2, 0.25) is 0 Å². The number of anilines is 1. The third-order valence-electron chi connectivity index (χ3n) is 1.44. The van der Waals surface area contributed by atoms with E-state index in [1.165, 1.54) is 5.32 Å². The van der Waals surface area contributed by atoms with Crippen molar-refractivity contribution in [3.63, 3.8) is 0 Å². The maximum absolute atomic E-state index is 12.8. The van der Waals surface area contributed by atoms with Crippen molar-refractivity contribution < 1.29 is 32.2 Å². The molecule has 0 heterocycles. The van der Waals surface area contributed by atoms with Gasteiger partial charge in [0.05, 0.1) is 0 Å². The molecule has 5 N–H and O–H groups in total. The Bertz CT molecular complexity index is 493. The fourth-order valence-electron chi connectivity index (χ4n) is 0.822. The molecule has 0 unspecified atom stereocenters. The summed E-state index contributed by atoms with van der Waals surface area (Å²) < 4.78 is 63.2. The molecule has 4 nitrogen and oxygen atoms in total. The van der Waals surface area contributed by atoms with Crippen molar-refractivity contribution in [2.24, 2.45) is 5.73 Å². The number of nitrogens with two attached hydrogens (primary N) is 1. The highest BCUT2D eigenvalue weighted by Crippen LogP contribution is 2.26. The van der Waals surface area contributed by atoms with Crippen LogP contribution in [0.3, 0.4) is 0 Å². The van der Waals surface area contributed by atoms with Crippen molar-refractivity contribution in [2.45, 2.75) is 0 Å². The molecular formula is C8H5F5N2O2S2. The molecule has 11 heteroatoms. The summed E-state index contributed by atoms with van der Waals surface area (Å²) in [6, 6.07) is 0. The summed E-state index contributed by atoms with van der Waals surface area (Å²) in [5.41, 5.74) is 3.01. The molecule has 0 atom stereocenters. The minimum atomic E-state index is -2.28. The summed E-state index contributed by atoms with van der Waals surface area (Å²) in [4.78, 5) is 0. The molecule has 0 saturated heterocycles. The summed E-state index contributed by atoms with van der Waals surface area (Å²) in [5.74, 6) is -10.7. The van der Waals surface area contributed by atoms with Crippen LogP contribution in [0.5, 0.6) is 0 Å². The predicted molar refractivity (Wildman–Crippen MR) is 64.5 cm³/mol. The highest BCUT2D eigenvalue weighted by atomic mass is 32.1. The van der Waals surface area contributed by atoms with Gasteiger partial charge in [0.25, 0.3) is 10.3 Å². The van der Waals surface area contributed by atoms with Crippen LogP contribution in [0.1, 0.15) is 0 Å². The highest BCUT2D eigenvalue weighted by Gasteiger charge is 2.26. The average Bonchev–Trinajstić information content (AvgIpc) is 2.29. The molecule has 1 rings (SSSR count). The number of hydrogen-bond donors (Lipinski definition) is 4. The summed E-state index contributed by atoms with van der Waals surface area (Å²) in [6.45, 7) is 0. The number of thiocarbonyl (C=S) groups is 2. The fraction of sp³-hybridized carbons (Fsp3) is 0. The molecule has 1 aromatic rings. The van der Waals surface area contributed by atoms with Gasteiger partial charge in [0.1, 0.15) is 5.69 Å². The molecule has 0 aliphatic rings. The third kappa shape index (κ3) is 4.79. The lowest BCUT2D eigenvalue weighted by molar-refractivity contribution is 0.381. The Balaban J connectivity index is 0.000000711. The third-order valence-corrected chi connectivity index (χ3v) is 1.54. The van der Waals surface area contributed by atoms with Crippen LogP contribution < -0.4 is 11.1 Å². The first kappa shape index (κ1) is 17.2. The van der Waals surface area contributed by atoms with E-state index < -0.39 is 45.1 Å². The molecule has 0 aliphatic carbocycles. The molecular weight excluding hydrogens is 315 g/mol. The molecule has 1 aromatic carbocycles.